The third kappa shape index (κ3) is 3.59. The number of para-hydroxylation sites is 1. The molecule has 0 aliphatic carbocycles. The Labute approximate surface area is 122 Å². The Morgan fingerprint density at radius 1 is 1.05 bits per heavy atom. The van der Waals surface area contributed by atoms with Gasteiger partial charge in [-0.25, -0.2) is 9.59 Å². The average molecular weight is 282 g/mol. The zero-order valence-corrected chi connectivity index (χ0v) is 11.2. The van der Waals surface area contributed by atoms with Gasteiger partial charge in [0.15, 0.2) is 0 Å². The lowest BCUT2D eigenvalue weighted by Crippen LogP contribution is -1.96. The number of phenols is 1. The van der Waals surface area contributed by atoms with Gasteiger partial charge in [-0.3, -0.25) is 0 Å². The number of carboxylic acids is 1. The molecule has 0 spiro atoms. The van der Waals surface area contributed by atoms with Crippen molar-refractivity contribution in [3.63, 3.8) is 0 Å². The molecule has 2 aromatic carbocycles. The minimum Gasteiger partial charge on any atom is -0.507 e. The molecule has 2 N–H and O–H groups in total. The summed E-state index contributed by atoms with van der Waals surface area (Å²) in [5.41, 5.74) is 2.03. The summed E-state index contributed by atoms with van der Waals surface area (Å²) in [4.78, 5) is 21.8. The molecule has 4 nitrogen and oxygen atoms in total. The zero-order chi connectivity index (χ0) is 15.2. The molecule has 0 bridgehead atoms. The highest BCUT2D eigenvalue weighted by Gasteiger charge is 2.08. The van der Waals surface area contributed by atoms with E-state index in [1.165, 1.54) is 18.2 Å². The van der Waals surface area contributed by atoms with Gasteiger partial charge in [0.2, 0.25) is 0 Å². The maximum absolute atomic E-state index is 11.1. The second-order valence-corrected chi connectivity index (χ2v) is 4.60. The van der Waals surface area contributed by atoms with Gasteiger partial charge in [0.1, 0.15) is 11.7 Å². The van der Waals surface area contributed by atoms with E-state index in [1.807, 2.05) is 5.94 Å². The first-order valence-electron chi connectivity index (χ1n) is 6.46. The van der Waals surface area contributed by atoms with Gasteiger partial charge >= 0.3 is 5.97 Å². The predicted octanol–water partition coefficient (Wildman–Crippen LogP) is 2.94. The van der Waals surface area contributed by atoms with Gasteiger partial charge in [0.05, 0.1) is 5.56 Å². The molecule has 0 atom stereocenters. The standard InChI is InChI=1S/C17H14O4/c18-11-14(15-3-1-2-4-16(15)19)10-7-12-5-8-13(9-6-12)17(20)21/h1-6,8-9,19H,7,10H2,(H,20,21). The summed E-state index contributed by atoms with van der Waals surface area (Å²) in [5, 5.41) is 18.6. The lowest BCUT2D eigenvalue weighted by atomic mass is 9.98. The number of carboxylic acid groups (broad SMARTS) is 1. The molecule has 0 aliphatic rings. The van der Waals surface area contributed by atoms with Gasteiger partial charge in [-0.15, -0.1) is 0 Å². The normalized spacial score (nSPS) is 9.90. The summed E-state index contributed by atoms with van der Waals surface area (Å²) < 4.78 is 0. The van der Waals surface area contributed by atoms with E-state index < -0.39 is 5.97 Å². The van der Waals surface area contributed by atoms with Crippen LogP contribution < -0.4 is 0 Å². The number of carbonyl (C=O) groups excluding carboxylic acids is 1. The Balaban J connectivity index is 2.09. The van der Waals surface area contributed by atoms with Crippen LogP contribution >= 0.6 is 0 Å². The minimum atomic E-state index is -0.968. The molecule has 21 heavy (non-hydrogen) atoms. The van der Waals surface area contributed by atoms with Gasteiger partial charge in [-0.05, 0) is 36.6 Å². The number of hydrogen-bond acceptors (Lipinski definition) is 3. The maximum atomic E-state index is 11.1. The summed E-state index contributed by atoms with van der Waals surface area (Å²) in [6, 6.07) is 13.1. The number of aromatic carboxylic acids is 1. The van der Waals surface area contributed by atoms with Gasteiger partial charge in [0.25, 0.3) is 0 Å². The molecule has 0 unspecified atom stereocenters. The zero-order valence-electron chi connectivity index (χ0n) is 11.2. The molecule has 2 aromatic rings. The van der Waals surface area contributed by atoms with E-state index >= 15 is 0 Å². The number of aryl methyl sites for hydroxylation is 1. The molecule has 0 aromatic heterocycles. The smallest absolute Gasteiger partial charge is 0.335 e. The third-order valence-electron chi connectivity index (χ3n) is 3.22. The van der Waals surface area contributed by atoms with Gasteiger partial charge in [-0.2, -0.15) is 0 Å². The van der Waals surface area contributed by atoms with Crippen LogP contribution in [0.3, 0.4) is 0 Å². The fraction of sp³-hybridized carbons (Fsp3) is 0.118. The quantitative estimate of drug-likeness (QED) is 0.827. The topological polar surface area (TPSA) is 74.6 Å². The molecule has 106 valence electrons. The van der Waals surface area contributed by atoms with Crippen molar-refractivity contribution in [3.8, 4) is 5.75 Å². The van der Waals surface area contributed by atoms with E-state index in [9.17, 15) is 14.7 Å². The second kappa shape index (κ2) is 6.55. The lowest BCUT2D eigenvalue weighted by molar-refractivity contribution is 0.0697. The van der Waals surface area contributed by atoms with Crippen LogP contribution in [0, 0.1) is 0 Å². The predicted molar refractivity (Wildman–Crippen MR) is 78.9 cm³/mol. The molecule has 0 saturated heterocycles. The van der Waals surface area contributed by atoms with E-state index in [0.717, 1.165) is 5.56 Å². The molecular formula is C17H14O4. The Kier molecular flexibility index (Phi) is 4.54. The van der Waals surface area contributed by atoms with Crippen LogP contribution in [0.25, 0.3) is 5.57 Å². The molecule has 4 heteroatoms. The Morgan fingerprint density at radius 3 is 2.29 bits per heavy atom. The highest BCUT2D eigenvalue weighted by atomic mass is 16.4. The van der Waals surface area contributed by atoms with Gasteiger partial charge in [0, 0.05) is 11.1 Å². The minimum absolute atomic E-state index is 0.0528. The first-order valence-corrected chi connectivity index (χ1v) is 6.46. The molecular weight excluding hydrogens is 268 g/mol. The molecule has 0 amide bonds. The van der Waals surface area contributed by atoms with E-state index in [2.05, 4.69) is 0 Å². The summed E-state index contributed by atoms with van der Waals surface area (Å²) in [7, 11) is 0. The molecule has 0 radical (unpaired) electrons. The Bertz CT molecular complexity index is 695. The van der Waals surface area contributed by atoms with E-state index in [1.54, 1.807) is 30.3 Å². The van der Waals surface area contributed by atoms with Crippen LogP contribution in [0.1, 0.15) is 27.9 Å². The fourth-order valence-electron chi connectivity index (χ4n) is 2.05. The third-order valence-corrected chi connectivity index (χ3v) is 3.22. The fourth-order valence-corrected chi connectivity index (χ4v) is 2.05. The molecule has 0 saturated carbocycles. The second-order valence-electron chi connectivity index (χ2n) is 4.60. The molecule has 2 rings (SSSR count). The van der Waals surface area contributed by atoms with Crippen LogP contribution in [0.4, 0.5) is 0 Å². The number of rotatable bonds is 5. The van der Waals surface area contributed by atoms with Crippen LogP contribution in [-0.2, 0) is 11.2 Å². The Morgan fingerprint density at radius 2 is 1.71 bits per heavy atom. The van der Waals surface area contributed by atoms with Crippen molar-refractivity contribution >= 4 is 17.5 Å². The molecule has 0 fully saturated rings. The van der Waals surface area contributed by atoms with Crippen molar-refractivity contribution in [2.45, 2.75) is 12.8 Å². The number of phenolic OH excluding ortho intramolecular Hbond substituents is 1. The number of hydrogen-bond donors (Lipinski definition) is 2. The summed E-state index contributed by atoms with van der Waals surface area (Å²) in [6.07, 6.45) is 0.992. The Hall–Kier alpha value is -2.84. The first-order chi connectivity index (χ1) is 10.1. The van der Waals surface area contributed by atoms with Gasteiger partial charge in [-0.1, -0.05) is 30.3 Å². The largest absolute Gasteiger partial charge is 0.507 e. The number of benzene rings is 2. The van der Waals surface area contributed by atoms with Crippen LogP contribution in [0.15, 0.2) is 48.5 Å². The number of allylic oxidation sites excluding steroid dienone is 1. The summed E-state index contributed by atoms with van der Waals surface area (Å²) in [5.74, 6) is 0.956. The maximum Gasteiger partial charge on any atom is 0.335 e. The van der Waals surface area contributed by atoms with E-state index in [0.29, 0.717) is 24.0 Å². The number of aromatic hydroxyl groups is 1. The number of carbonyl (C=O) groups is 1. The summed E-state index contributed by atoms with van der Waals surface area (Å²) in [6.45, 7) is 0. The molecule has 0 heterocycles. The summed E-state index contributed by atoms with van der Waals surface area (Å²) >= 11 is 0. The van der Waals surface area contributed by atoms with Crippen molar-refractivity contribution in [1.82, 2.24) is 0 Å². The van der Waals surface area contributed by atoms with E-state index in [-0.39, 0.29) is 11.3 Å². The SMILES string of the molecule is O=C=C(CCc1ccc(C(=O)O)cc1)c1ccccc1O. The first kappa shape index (κ1) is 14.6. The van der Waals surface area contributed by atoms with Crippen molar-refractivity contribution in [2.75, 3.05) is 0 Å². The molecule has 0 aliphatic heterocycles. The van der Waals surface area contributed by atoms with Crippen molar-refractivity contribution < 1.29 is 19.8 Å². The van der Waals surface area contributed by atoms with Crippen LogP contribution in [-0.4, -0.2) is 22.1 Å². The van der Waals surface area contributed by atoms with Crippen LogP contribution in [0.5, 0.6) is 5.75 Å². The monoisotopic (exact) mass is 282 g/mol. The van der Waals surface area contributed by atoms with Crippen LogP contribution in [0.2, 0.25) is 0 Å². The van der Waals surface area contributed by atoms with Crippen molar-refractivity contribution in [1.29, 1.82) is 0 Å². The highest BCUT2D eigenvalue weighted by Crippen LogP contribution is 2.26. The van der Waals surface area contributed by atoms with Crippen molar-refractivity contribution in [3.05, 3.63) is 65.2 Å². The van der Waals surface area contributed by atoms with Crippen molar-refractivity contribution in [2.24, 2.45) is 0 Å². The van der Waals surface area contributed by atoms with Gasteiger partial charge < -0.3 is 10.2 Å². The lowest BCUT2D eigenvalue weighted by Gasteiger charge is -2.06. The average Bonchev–Trinajstić information content (AvgIpc) is 2.50. The highest BCUT2D eigenvalue weighted by molar-refractivity contribution is 5.89. The van der Waals surface area contributed by atoms with E-state index in [4.69, 9.17) is 5.11 Å².